The van der Waals surface area contributed by atoms with Gasteiger partial charge in [0.1, 0.15) is 11.5 Å². The van der Waals surface area contributed by atoms with Gasteiger partial charge in [0.25, 0.3) is 5.91 Å². The highest BCUT2D eigenvalue weighted by Gasteiger charge is 2.30. The first-order valence-electron chi connectivity index (χ1n) is 8.35. The van der Waals surface area contributed by atoms with E-state index in [1.165, 1.54) is 0 Å². The van der Waals surface area contributed by atoms with E-state index in [1.807, 2.05) is 13.8 Å². The summed E-state index contributed by atoms with van der Waals surface area (Å²) in [7, 11) is 0. The lowest BCUT2D eigenvalue weighted by Gasteiger charge is -2.28. The molecule has 0 unspecified atom stereocenters. The largest absolute Gasteiger partial charge is 0.493 e. The predicted octanol–water partition coefficient (Wildman–Crippen LogP) is 3.59. The van der Waals surface area contributed by atoms with Gasteiger partial charge in [0.2, 0.25) is 0 Å². The van der Waals surface area contributed by atoms with Gasteiger partial charge >= 0.3 is 0 Å². The molecule has 1 amide bonds. The van der Waals surface area contributed by atoms with Crippen LogP contribution >= 0.6 is 0 Å². The molecule has 1 saturated carbocycles. The first-order valence-corrected chi connectivity index (χ1v) is 8.35. The summed E-state index contributed by atoms with van der Waals surface area (Å²) in [6.07, 6.45) is 1.62. The molecule has 1 N–H and O–H groups in total. The fourth-order valence-corrected chi connectivity index (χ4v) is 2.74. The number of hydrazone groups is 1. The first-order chi connectivity index (χ1) is 11.2. The van der Waals surface area contributed by atoms with Gasteiger partial charge in [0.15, 0.2) is 0 Å². The Balaban J connectivity index is 1.94. The summed E-state index contributed by atoms with van der Waals surface area (Å²) < 4.78 is 5.60. The Bertz CT molecular complexity index is 631. The van der Waals surface area contributed by atoms with Gasteiger partial charge in [-0.3, -0.25) is 9.59 Å². The van der Waals surface area contributed by atoms with Gasteiger partial charge in [0, 0.05) is 24.1 Å². The molecular formula is C19H26N2O3. The minimum atomic E-state index is -0.284. The molecule has 1 aromatic rings. The van der Waals surface area contributed by atoms with Crippen molar-refractivity contribution in [2.24, 2.45) is 16.4 Å². The van der Waals surface area contributed by atoms with Gasteiger partial charge < -0.3 is 4.74 Å². The summed E-state index contributed by atoms with van der Waals surface area (Å²) in [6.45, 7) is 8.88. The number of hydrogen-bond acceptors (Lipinski definition) is 4. The van der Waals surface area contributed by atoms with Crippen LogP contribution in [-0.4, -0.2) is 24.0 Å². The van der Waals surface area contributed by atoms with Gasteiger partial charge in [-0.05, 0) is 42.0 Å². The Hall–Kier alpha value is -2.17. The Morgan fingerprint density at radius 2 is 1.92 bits per heavy atom. The van der Waals surface area contributed by atoms with Gasteiger partial charge in [0.05, 0.1) is 6.61 Å². The fraction of sp³-hybridized carbons (Fsp3) is 0.526. The number of ether oxygens (including phenoxy) is 1. The average Bonchev–Trinajstić information content (AvgIpc) is 2.49. The number of carbonyl (C=O) groups is 2. The second-order valence-corrected chi connectivity index (χ2v) is 7.58. The number of ketones is 1. The summed E-state index contributed by atoms with van der Waals surface area (Å²) in [4.78, 5) is 23.9. The van der Waals surface area contributed by atoms with Gasteiger partial charge in [-0.2, -0.15) is 5.10 Å². The van der Waals surface area contributed by atoms with Crippen molar-refractivity contribution < 1.29 is 14.3 Å². The zero-order chi connectivity index (χ0) is 17.7. The van der Waals surface area contributed by atoms with E-state index >= 15 is 0 Å². The molecule has 0 atom stereocenters. The number of nitrogens with one attached hydrogen (secondary N) is 1. The van der Waals surface area contributed by atoms with Crippen LogP contribution in [-0.2, 0) is 4.79 Å². The molecule has 5 nitrogen and oxygen atoms in total. The first kappa shape index (κ1) is 18.2. The number of hydrogen-bond donors (Lipinski definition) is 1. The van der Waals surface area contributed by atoms with Crippen LogP contribution in [0.15, 0.2) is 29.4 Å². The van der Waals surface area contributed by atoms with Crippen LogP contribution in [0.5, 0.6) is 5.75 Å². The molecule has 1 aliphatic carbocycles. The second kappa shape index (κ2) is 7.60. The number of carbonyl (C=O) groups excluding carboxylic acids is 2. The molecule has 1 aromatic carbocycles. The Morgan fingerprint density at radius 1 is 1.25 bits per heavy atom. The minimum Gasteiger partial charge on any atom is -0.493 e. The maximum atomic E-state index is 12.2. The van der Waals surface area contributed by atoms with Gasteiger partial charge in [-0.15, -0.1) is 0 Å². The summed E-state index contributed by atoms with van der Waals surface area (Å²) >= 11 is 0. The SMILES string of the molecule is CC(C)COc1ccc(C(=O)N/N=C2\CC(=O)CC(C)(C)C2)cc1. The fourth-order valence-electron chi connectivity index (χ4n) is 2.74. The monoisotopic (exact) mass is 330 g/mol. The molecule has 0 heterocycles. The van der Waals surface area contributed by atoms with Crippen molar-refractivity contribution in [1.29, 1.82) is 0 Å². The number of rotatable bonds is 5. The number of benzene rings is 1. The van der Waals surface area contributed by atoms with E-state index in [4.69, 9.17) is 4.74 Å². The van der Waals surface area contributed by atoms with Crippen LogP contribution in [0.25, 0.3) is 0 Å². The molecule has 0 aliphatic heterocycles. The van der Waals surface area contributed by atoms with Crippen LogP contribution in [0.1, 0.15) is 57.3 Å². The number of nitrogens with zero attached hydrogens (tertiary/aromatic N) is 1. The quantitative estimate of drug-likeness (QED) is 0.839. The highest BCUT2D eigenvalue weighted by molar-refractivity contribution is 6.05. The molecular weight excluding hydrogens is 304 g/mol. The van der Waals surface area contributed by atoms with Crippen molar-refractivity contribution in [3.05, 3.63) is 29.8 Å². The third-order valence-electron chi connectivity index (χ3n) is 3.77. The molecule has 1 fully saturated rings. The highest BCUT2D eigenvalue weighted by atomic mass is 16.5. The van der Waals surface area contributed by atoms with Crippen molar-refractivity contribution in [1.82, 2.24) is 5.43 Å². The molecule has 5 heteroatoms. The van der Waals surface area contributed by atoms with E-state index in [-0.39, 0.29) is 17.1 Å². The average molecular weight is 330 g/mol. The maximum Gasteiger partial charge on any atom is 0.271 e. The summed E-state index contributed by atoms with van der Waals surface area (Å²) in [6, 6.07) is 6.97. The van der Waals surface area contributed by atoms with Crippen LogP contribution in [0, 0.1) is 11.3 Å². The standard InChI is InChI=1S/C19H26N2O3/c1-13(2)12-24-17-7-5-14(6-8-17)18(23)21-20-15-9-16(22)11-19(3,4)10-15/h5-8,13H,9-12H2,1-4H3,(H,21,23)/b20-15+. The molecule has 24 heavy (non-hydrogen) atoms. The summed E-state index contributed by atoms with van der Waals surface area (Å²) in [5.74, 6) is 1.08. The summed E-state index contributed by atoms with van der Waals surface area (Å²) in [5.41, 5.74) is 3.71. The van der Waals surface area contributed by atoms with E-state index in [0.717, 1.165) is 17.9 Å². The molecule has 0 bridgehead atoms. The van der Waals surface area contributed by atoms with Gasteiger partial charge in [-0.25, -0.2) is 5.43 Å². The zero-order valence-electron chi connectivity index (χ0n) is 14.9. The molecule has 2 rings (SSSR count). The topological polar surface area (TPSA) is 67.8 Å². The molecule has 0 saturated heterocycles. The van der Waals surface area contributed by atoms with Crippen molar-refractivity contribution in [2.45, 2.75) is 47.0 Å². The van der Waals surface area contributed by atoms with E-state index < -0.39 is 0 Å². The molecule has 0 aromatic heterocycles. The van der Waals surface area contributed by atoms with Gasteiger partial charge in [-0.1, -0.05) is 27.7 Å². The van der Waals surface area contributed by atoms with Crippen molar-refractivity contribution in [2.75, 3.05) is 6.61 Å². The van der Waals surface area contributed by atoms with Crippen LogP contribution < -0.4 is 10.2 Å². The maximum absolute atomic E-state index is 12.2. The lowest BCUT2D eigenvalue weighted by Crippen LogP contribution is -2.31. The van der Waals surface area contributed by atoms with Crippen LogP contribution in [0.2, 0.25) is 0 Å². The Labute approximate surface area is 143 Å². The molecule has 0 spiro atoms. The van der Waals surface area contributed by atoms with Crippen LogP contribution in [0.4, 0.5) is 0 Å². The van der Waals surface area contributed by atoms with E-state index in [2.05, 4.69) is 24.4 Å². The van der Waals surface area contributed by atoms with E-state index in [0.29, 0.717) is 30.9 Å². The van der Waals surface area contributed by atoms with Crippen molar-refractivity contribution in [3.8, 4) is 5.75 Å². The van der Waals surface area contributed by atoms with E-state index in [1.54, 1.807) is 24.3 Å². The highest BCUT2D eigenvalue weighted by Crippen LogP contribution is 2.31. The van der Waals surface area contributed by atoms with Crippen molar-refractivity contribution >= 4 is 17.4 Å². The summed E-state index contributed by atoms with van der Waals surface area (Å²) in [5, 5.41) is 4.15. The molecule has 130 valence electrons. The lowest BCUT2D eigenvalue weighted by molar-refractivity contribution is -0.120. The second-order valence-electron chi connectivity index (χ2n) is 7.58. The molecule has 1 aliphatic rings. The lowest BCUT2D eigenvalue weighted by atomic mass is 9.76. The Kier molecular flexibility index (Phi) is 5.75. The van der Waals surface area contributed by atoms with E-state index in [9.17, 15) is 9.59 Å². The van der Waals surface area contributed by atoms with Crippen LogP contribution in [0.3, 0.4) is 0 Å². The number of amides is 1. The zero-order valence-corrected chi connectivity index (χ0v) is 14.9. The third-order valence-corrected chi connectivity index (χ3v) is 3.77. The third kappa shape index (κ3) is 5.48. The minimum absolute atomic E-state index is 0.0890. The number of Topliss-reactive ketones (excluding diaryl/α,β-unsaturated/α-hetero) is 1. The smallest absolute Gasteiger partial charge is 0.271 e. The van der Waals surface area contributed by atoms with Crippen molar-refractivity contribution in [3.63, 3.8) is 0 Å². The Morgan fingerprint density at radius 3 is 2.50 bits per heavy atom. The predicted molar refractivity (Wildman–Crippen MR) is 94.3 cm³/mol. The molecule has 0 radical (unpaired) electrons. The normalized spacial score (nSPS) is 18.7.